The second-order valence-electron chi connectivity index (χ2n) is 7.98. The smallest absolute Gasteiger partial charge is 0.255 e. The Bertz CT molecular complexity index is 1150. The second kappa shape index (κ2) is 9.88. The van der Waals surface area contributed by atoms with Gasteiger partial charge in [0.25, 0.3) is 5.91 Å². The van der Waals surface area contributed by atoms with Crippen LogP contribution in [0.1, 0.15) is 58.5 Å². The maximum Gasteiger partial charge on any atom is 0.255 e. The summed E-state index contributed by atoms with van der Waals surface area (Å²) >= 11 is 6.06. The van der Waals surface area contributed by atoms with Crippen LogP contribution < -0.4 is 11.1 Å². The highest BCUT2D eigenvalue weighted by molar-refractivity contribution is 6.30. The lowest BCUT2D eigenvalue weighted by atomic mass is 9.96. The van der Waals surface area contributed by atoms with E-state index in [0.29, 0.717) is 28.3 Å². The monoisotopic (exact) mass is 447 g/mol. The van der Waals surface area contributed by atoms with Gasteiger partial charge in [0, 0.05) is 22.7 Å². The average molecular weight is 448 g/mol. The van der Waals surface area contributed by atoms with Gasteiger partial charge < -0.3 is 16.0 Å². The SMILES string of the molecule is Nc1[nH]c(C(=O)c2ccccc2)c(-c2ccc(Cl)cc2)c1C(=O)NCCC1=CCCCC1. The first-order valence-electron chi connectivity index (χ1n) is 10.9. The molecule has 4 N–H and O–H groups in total. The van der Waals surface area contributed by atoms with Crippen LogP contribution in [0.3, 0.4) is 0 Å². The van der Waals surface area contributed by atoms with E-state index in [9.17, 15) is 9.59 Å². The number of aromatic amines is 1. The Kier molecular flexibility index (Phi) is 6.76. The molecule has 32 heavy (non-hydrogen) atoms. The van der Waals surface area contributed by atoms with Crippen molar-refractivity contribution in [2.24, 2.45) is 0 Å². The molecule has 5 nitrogen and oxygen atoms in total. The number of ketones is 1. The molecule has 0 saturated heterocycles. The number of hydrogen-bond donors (Lipinski definition) is 3. The fourth-order valence-corrected chi connectivity index (χ4v) is 4.25. The van der Waals surface area contributed by atoms with E-state index in [2.05, 4.69) is 16.4 Å². The predicted octanol–water partition coefficient (Wildman–Crippen LogP) is 5.77. The normalized spacial score (nSPS) is 13.5. The van der Waals surface area contributed by atoms with Crippen molar-refractivity contribution in [1.82, 2.24) is 10.3 Å². The summed E-state index contributed by atoms with van der Waals surface area (Å²) in [5.41, 5.74) is 9.89. The summed E-state index contributed by atoms with van der Waals surface area (Å²) in [6.45, 7) is 0.525. The van der Waals surface area contributed by atoms with Crippen molar-refractivity contribution in [2.75, 3.05) is 12.3 Å². The zero-order valence-corrected chi connectivity index (χ0v) is 18.5. The molecule has 0 spiro atoms. The first-order valence-corrected chi connectivity index (χ1v) is 11.3. The molecule has 0 unspecified atom stereocenters. The number of anilines is 1. The van der Waals surface area contributed by atoms with Crippen molar-refractivity contribution in [3.8, 4) is 11.1 Å². The molecule has 0 radical (unpaired) electrons. The van der Waals surface area contributed by atoms with Gasteiger partial charge in [0.2, 0.25) is 5.78 Å². The molecule has 6 heteroatoms. The van der Waals surface area contributed by atoms with E-state index < -0.39 is 0 Å². The van der Waals surface area contributed by atoms with E-state index in [1.807, 2.05) is 6.07 Å². The number of rotatable bonds is 7. The number of H-pyrrole nitrogens is 1. The Hall–Kier alpha value is -3.31. The first-order chi connectivity index (χ1) is 15.5. The molecular weight excluding hydrogens is 422 g/mol. The van der Waals surface area contributed by atoms with Gasteiger partial charge in [-0.25, -0.2) is 0 Å². The fraction of sp³-hybridized carbons (Fsp3) is 0.231. The lowest BCUT2D eigenvalue weighted by Gasteiger charge is -2.13. The molecule has 0 saturated carbocycles. The quantitative estimate of drug-likeness (QED) is 0.317. The van der Waals surface area contributed by atoms with Gasteiger partial charge in [0.15, 0.2) is 0 Å². The highest BCUT2D eigenvalue weighted by Crippen LogP contribution is 2.34. The van der Waals surface area contributed by atoms with E-state index in [1.165, 1.54) is 18.4 Å². The zero-order valence-electron chi connectivity index (χ0n) is 17.8. The molecule has 1 aliphatic rings. The lowest BCUT2D eigenvalue weighted by Crippen LogP contribution is -2.26. The Morgan fingerprint density at radius 1 is 1.03 bits per heavy atom. The fourth-order valence-electron chi connectivity index (χ4n) is 4.12. The average Bonchev–Trinajstić information content (AvgIpc) is 3.17. The Labute approximate surface area is 192 Å². The molecule has 164 valence electrons. The number of aromatic nitrogens is 1. The van der Waals surface area contributed by atoms with Crippen LogP contribution in [0.4, 0.5) is 5.82 Å². The molecule has 1 heterocycles. The minimum absolute atomic E-state index is 0.170. The van der Waals surface area contributed by atoms with E-state index in [0.717, 1.165) is 19.3 Å². The van der Waals surface area contributed by atoms with E-state index in [4.69, 9.17) is 17.3 Å². The molecule has 0 atom stereocenters. The van der Waals surface area contributed by atoms with Gasteiger partial charge in [0.1, 0.15) is 5.82 Å². The number of benzene rings is 2. The van der Waals surface area contributed by atoms with E-state index in [-0.39, 0.29) is 28.8 Å². The number of nitrogens with two attached hydrogens (primary N) is 1. The van der Waals surface area contributed by atoms with Crippen LogP contribution in [0, 0.1) is 0 Å². The minimum atomic E-state index is -0.299. The van der Waals surface area contributed by atoms with Gasteiger partial charge in [-0.05, 0) is 49.8 Å². The van der Waals surface area contributed by atoms with Crippen LogP contribution in [0.2, 0.25) is 5.02 Å². The van der Waals surface area contributed by atoms with Crippen molar-refractivity contribution in [2.45, 2.75) is 32.1 Å². The van der Waals surface area contributed by atoms with Crippen LogP contribution in [-0.2, 0) is 0 Å². The van der Waals surface area contributed by atoms with Crippen LogP contribution >= 0.6 is 11.6 Å². The summed E-state index contributed by atoms with van der Waals surface area (Å²) in [6.07, 6.45) is 7.74. The van der Waals surface area contributed by atoms with Gasteiger partial charge in [-0.1, -0.05) is 65.7 Å². The summed E-state index contributed by atoms with van der Waals surface area (Å²) in [4.78, 5) is 29.4. The molecule has 4 rings (SSSR count). The number of halogens is 1. The number of allylic oxidation sites excluding steroid dienone is 1. The minimum Gasteiger partial charge on any atom is -0.385 e. The zero-order chi connectivity index (χ0) is 22.5. The highest BCUT2D eigenvalue weighted by Gasteiger charge is 2.27. The number of amides is 1. The van der Waals surface area contributed by atoms with Crippen LogP contribution in [0.5, 0.6) is 0 Å². The third-order valence-electron chi connectivity index (χ3n) is 5.77. The maximum atomic E-state index is 13.3. The summed E-state index contributed by atoms with van der Waals surface area (Å²) < 4.78 is 0. The van der Waals surface area contributed by atoms with Crippen molar-refractivity contribution >= 4 is 29.1 Å². The molecular formula is C26H26ClN3O2. The summed E-state index contributed by atoms with van der Waals surface area (Å²) in [7, 11) is 0. The molecule has 0 aliphatic heterocycles. The number of nitrogens with one attached hydrogen (secondary N) is 2. The van der Waals surface area contributed by atoms with Gasteiger partial charge in [0.05, 0.1) is 11.3 Å². The molecule has 3 aromatic rings. The number of carbonyl (C=O) groups is 2. The van der Waals surface area contributed by atoms with E-state index in [1.54, 1.807) is 48.5 Å². The van der Waals surface area contributed by atoms with Gasteiger partial charge >= 0.3 is 0 Å². The molecule has 2 aromatic carbocycles. The lowest BCUT2D eigenvalue weighted by molar-refractivity contribution is 0.0955. The highest BCUT2D eigenvalue weighted by atomic mass is 35.5. The van der Waals surface area contributed by atoms with Crippen molar-refractivity contribution in [3.05, 3.63) is 88.1 Å². The number of carbonyl (C=O) groups excluding carboxylic acids is 2. The van der Waals surface area contributed by atoms with Crippen molar-refractivity contribution in [3.63, 3.8) is 0 Å². The third-order valence-corrected chi connectivity index (χ3v) is 6.02. The third kappa shape index (κ3) is 4.78. The Morgan fingerprint density at radius 2 is 1.78 bits per heavy atom. The Morgan fingerprint density at radius 3 is 2.47 bits per heavy atom. The maximum absolute atomic E-state index is 13.3. The largest absolute Gasteiger partial charge is 0.385 e. The summed E-state index contributed by atoms with van der Waals surface area (Å²) in [6, 6.07) is 16.0. The standard InChI is InChI=1S/C26H26ClN3O2/c27-20-13-11-18(12-14-20)21-22(26(32)29-16-15-17-7-3-1-4-8-17)25(28)30-23(21)24(31)19-9-5-2-6-10-19/h2,5-7,9-14,30H,1,3-4,8,15-16,28H2,(H,29,32). The van der Waals surface area contributed by atoms with Gasteiger partial charge in [-0.2, -0.15) is 0 Å². The van der Waals surface area contributed by atoms with Crippen molar-refractivity contribution < 1.29 is 9.59 Å². The topological polar surface area (TPSA) is 88.0 Å². The van der Waals surface area contributed by atoms with Crippen LogP contribution in [0.15, 0.2) is 66.2 Å². The molecule has 0 fully saturated rings. The predicted molar refractivity (Wildman–Crippen MR) is 129 cm³/mol. The Balaban J connectivity index is 1.67. The van der Waals surface area contributed by atoms with Crippen LogP contribution in [0.25, 0.3) is 11.1 Å². The molecule has 1 aliphatic carbocycles. The van der Waals surface area contributed by atoms with E-state index >= 15 is 0 Å². The summed E-state index contributed by atoms with van der Waals surface area (Å²) in [5.74, 6) is -0.357. The number of nitrogen functional groups attached to an aromatic ring is 1. The molecule has 1 aromatic heterocycles. The molecule has 1 amide bonds. The van der Waals surface area contributed by atoms with Crippen LogP contribution in [-0.4, -0.2) is 23.2 Å². The second-order valence-corrected chi connectivity index (χ2v) is 8.42. The number of hydrogen-bond acceptors (Lipinski definition) is 3. The molecule has 0 bridgehead atoms. The van der Waals surface area contributed by atoms with Gasteiger partial charge in [-0.15, -0.1) is 0 Å². The summed E-state index contributed by atoms with van der Waals surface area (Å²) in [5, 5.41) is 3.55. The van der Waals surface area contributed by atoms with Gasteiger partial charge in [-0.3, -0.25) is 9.59 Å². The van der Waals surface area contributed by atoms with Crippen molar-refractivity contribution in [1.29, 1.82) is 0 Å². The first kappa shape index (κ1) is 21.9.